The zero-order chi connectivity index (χ0) is 14.4. The van der Waals surface area contributed by atoms with Crippen LogP contribution in [0.4, 0.5) is 0 Å². The smallest absolute Gasteiger partial charge is 0.119 e. The van der Waals surface area contributed by atoms with E-state index in [9.17, 15) is 5.11 Å². The molecule has 2 N–H and O–H groups in total. The minimum Gasteiger partial charge on any atom is -0.491 e. The van der Waals surface area contributed by atoms with E-state index in [1.807, 2.05) is 12.1 Å². The third kappa shape index (κ3) is 4.80. The lowest BCUT2D eigenvalue weighted by Crippen LogP contribution is -2.38. The average molecular weight is 277 g/mol. The molecule has 1 aliphatic rings. The second-order valence-corrected chi connectivity index (χ2v) is 5.95. The third-order valence-electron chi connectivity index (χ3n) is 4.17. The molecule has 3 nitrogen and oxygen atoms in total. The first-order valence-corrected chi connectivity index (χ1v) is 7.76. The number of hydrogen-bond acceptors (Lipinski definition) is 3. The van der Waals surface area contributed by atoms with Gasteiger partial charge < -0.3 is 15.2 Å². The van der Waals surface area contributed by atoms with E-state index in [4.69, 9.17) is 4.74 Å². The van der Waals surface area contributed by atoms with Gasteiger partial charge >= 0.3 is 0 Å². The van der Waals surface area contributed by atoms with Gasteiger partial charge in [-0.15, -0.1) is 0 Å². The highest BCUT2D eigenvalue weighted by atomic mass is 16.5. The van der Waals surface area contributed by atoms with Crippen LogP contribution in [0, 0.1) is 13.8 Å². The van der Waals surface area contributed by atoms with Crippen molar-refractivity contribution in [1.82, 2.24) is 5.32 Å². The molecule has 2 rings (SSSR count). The first-order valence-electron chi connectivity index (χ1n) is 7.76. The molecule has 20 heavy (non-hydrogen) atoms. The van der Waals surface area contributed by atoms with Crippen molar-refractivity contribution in [3.05, 3.63) is 29.3 Å². The summed E-state index contributed by atoms with van der Waals surface area (Å²) in [5, 5.41) is 13.4. The molecule has 1 aliphatic carbocycles. The Morgan fingerprint density at radius 1 is 1.20 bits per heavy atom. The zero-order valence-electron chi connectivity index (χ0n) is 12.7. The fourth-order valence-electron chi connectivity index (χ4n) is 2.66. The molecule has 0 aliphatic heterocycles. The SMILES string of the molecule is Cc1ccc(OC[C@H](O)CNC2CCCCC2)cc1C. The number of rotatable bonds is 6. The summed E-state index contributed by atoms with van der Waals surface area (Å²) in [4.78, 5) is 0. The van der Waals surface area contributed by atoms with E-state index in [-0.39, 0.29) is 0 Å². The van der Waals surface area contributed by atoms with Crippen molar-refractivity contribution >= 4 is 0 Å². The van der Waals surface area contributed by atoms with Crippen molar-refractivity contribution in [2.45, 2.75) is 58.1 Å². The van der Waals surface area contributed by atoms with E-state index in [1.54, 1.807) is 0 Å². The van der Waals surface area contributed by atoms with E-state index in [2.05, 4.69) is 25.2 Å². The highest BCUT2D eigenvalue weighted by molar-refractivity contribution is 5.33. The summed E-state index contributed by atoms with van der Waals surface area (Å²) in [6.45, 7) is 5.13. The molecule has 0 amide bonds. The molecule has 1 fully saturated rings. The van der Waals surface area contributed by atoms with Crippen LogP contribution < -0.4 is 10.1 Å². The molecule has 1 aromatic carbocycles. The molecule has 0 heterocycles. The van der Waals surface area contributed by atoms with Crippen LogP contribution in [-0.2, 0) is 0 Å². The molecule has 112 valence electrons. The molecule has 0 bridgehead atoms. The summed E-state index contributed by atoms with van der Waals surface area (Å²) in [6.07, 6.45) is 6.02. The lowest BCUT2D eigenvalue weighted by molar-refractivity contribution is 0.102. The molecule has 1 atom stereocenters. The van der Waals surface area contributed by atoms with E-state index < -0.39 is 6.10 Å². The molecule has 0 saturated heterocycles. The third-order valence-corrected chi connectivity index (χ3v) is 4.17. The summed E-state index contributed by atoms with van der Waals surface area (Å²) >= 11 is 0. The van der Waals surface area contributed by atoms with E-state index in [0.717, 1.165) is 5.75 Å². The summed E-state index contributed by atoms with van der Waals surface area (Å²) in [5.41, 5.74) is 2.48. The normalized spacial score (nSPS) is 17.9. The van der Waals surface area contributed by atoms with Gasteiger partial charge in [0.15, 0.2) is 0 Å². The minimum absolute atomic E-state index is 0.349. The Labute approximate surface area is 122 Å². The number of aryl methyl sites for hydroxylation is 2. The maximum Gasteiger partial charge on any atom is 0.119 e. The number of hydrogen-bond donors (Lipinski definition) is 2. The Morgan fingerprint density at radius 3 is 2.65 bits per heavy atom. The Morgan fingerprint density at radius 2 is 1.95 bits per heavy atom. The summed E-state index contributed by atoms with van der Waals surface area (Å²) in [7, 11) is 0. The van der Waals surface area contributed by atoms with Gasteiger partial charge in [-0.05, 0) is 49.9 Å². The van der Waals surface area contributed by atoms with Crippen LogP contribution >= 0.6 is 0 Å². The number of benzene rings is 1. The lowest BCUT2D eigenvalue weighted by Gasteiger charge is -2.24. The Hall–Kier alpha value is -1.06. The van der Waals surface area contributed by atoms with Gasteiger partial charge in [-0.2, -0.15) is 0 Å². The van der Waals surface area contributed by atoms with Crippen LogP contribution in [0.3, 0.4) is 0 Å². The van der Waals surface area contributed by atoms with Gasteiger partial charge in [-0.3, -0.25) is 0 Å². The largest absolute Gasteiger partial charge is 0.491 e. The number of ether oxygens (including phenoxy) is 1. The number of aliphatic hydroxyl groups excluding tert-OH is 1. The molecule has 0 aromatic heterocycles. The zero-order valence-corrected chi connectivity index (χ0v) is 12.7. The Bertz CT molecular complexity index is 413. The molecule has 1 aromatic rings. The van der Waals surface area contributed by atoms with Crippen LogP contribution in [-0.4, -0.2) is 30.4 Å². The topological polar surface area (TPSA) is 41.5 Å². The Kier molecular flexibility index (Phi) is 5.86. The van der Waals surface area contributed by atoms with E-state index in [0.29, 0.717) is 19.2 Å². The predicted octanol–water partition coefficient (Wildman–Crippen LogP) is 2.97. The predicted molar refractivity (Wildman–Crippen MR) is 82.3 cm³/mol. The van der Waals surface area contributed by atoms with Crippen molar-refractivity contribution in [2.24, 2.45) is 0 Å². The van der Waals surface area contributed by atoms with Crippen molar-refractivity contribution in [3.8, 4) is 5.75 Å². The first-order chi connectivity index (χ1) is 9.65. The van der Waals surface area contributed by atoms with Crippen LogP contribution in [0.1, 0.15) is 43.2 Å². The number of aliphatic hydroxyl groups is 1. The Balaban J connectivity index is 1.68. The van der Waals surface area contributed by atoms with Gasteiger partial charge in [-0.25, -0.2) is 0 Å². The van der Waals surface area contributed by atoms with Crippen molar-refractivity contribution in [3.63, 3.8) is 0 Å². The molecule has 3 heteroatoms. The fourth-order valence-corrected chi connectivity index (χ4v) is 2.66. The lowest BCUT2D eigenvalue weighted by atomic mass is 9.95. The first kappa shape index (κ1) is 15.3. The molecule has 0 radical (unpaired) electrons. The van der Waals surface area contributed by atoms with Crippen molar-refractivity contribution < 1.29 is 9.84 Å². The highest BCUT2D eigenvalue weighted by Gasteiger charge is 2.14. The second kappa shape index (κ2) is 7.65. The molecular formula is C17H27NO2. The quantitative estimate of drug-likeness (QED) is 0.840. The van der Waals surface area contributed by atoms with Crippen molar-refractivity contribution in [1.29, 1.82) is 0 Å². The van der Waals surface area contributed by atoms with Gasteiger partial charge in [0.05, 0.1) is 0 Å². The molecule has 1 saturated carbocycles. The van der Waals surface area contributed by atoms with Gasteiger partial charge in [0, 0.05) is 12.6 Å². The maximum atomic E-state index is 9.98. The summed E-state index contributed by atoms with van der Waals surface area (Å²) in [5.74, 6) is 0.838. The van der Waals surface area contributed by atoms with Gasteiger partial charge in [0.1, 0.15) is 18.5 Å². The minimum atomic E-state index is -0.446. The van der Waals surface area contributed by atoms with Gasteiger partial charge in [0.2, 0.25) is 0 Å². The molecule has 0 unspecified atom stereocenters. The summed E-state index contributed by atoms with van der Waals surface area (Å²) < 4.78 is 5.65. The van der Waals surface area contributed by atoms with Crippen molar-refractivity contribution in [2.75, 3.05) is 13.2 Å². The average Bonchev–Trinajstić information content (AvgIpc) is 2.47. The maximum absolute atomic E-state index is 9.98. The second-order valence-electron chi connectivity index (χ2n) is 5.95. The van der Waals surface area contributed by atoms with Crippen LogP contribution in [0.25, 0.3) is 0 Å². The van der Waals surface area contributed by atoms with Crippen LogP contribution in [0.2, 0.25) is 0 Å². The summed E-state index contributed by atoms with van der Waals surface area (Å²) in [6, 6.07) is 6.62. The fraction of sp³-hybridized carbons (Fsp3) is 0.647. The van der Waals surface area contributed by atoms with E-state index >= 15 is 0 Å². The highest BCUT2D eigenvalue weighted by Crippen LogP contribution is 2.18. The van der Waals surface area contributed by atoms with Crippen LogP contribution in [0.15, 0.2) is 18.2 Å². The van der Waals surface area contributed by atoms with Gasteiger partial charge in [0.25, 0.3) is 0 Å². The van der Waals surface area contributed by atoms with Crippen LogP contribution in [0.5, 0.6) is 5.75 Å². The standard InChI is InChI=1S/C17H27NO2/c1-13-8-9-17(10-14(13)2)20-12-16(19)11-18-15-6-4-3-5-7-15/h8-10,15-16,18-19H,3-7,11-12H2,1-2H3/t16-/m1/s1. The van der Waals surface area contributed by atoms with Gasteiger partial charge in [-0.1, -0.05) is 25.3 Å². The monoisotopic (exact) mass is 277 g/mol. The number of nitrogens with one attached hydrogen (secondary N) is 1. The molecular weight excluding hydrogens is 250 g/mol. The van der Waals surface area contributed by atoms with E-state index in [1.165, 1.54) is 43.2 Å². The molecule has 0 spiro atoms.